The largest absolute Gasteiger partial charge is 0.327 e. The Morgan fingerprint density at radius 3 is 2.55 bits per heavy atom. The second-order valence-electron chi connectivity index (χ2n) is 3.47. The summed E-state index contributed by atoms with van der Waals surface area (Å²) in [5, 5.41) is 0. The molecule has 0 saturated carbocycles. The van der Waals surface area contributed by atoms with Crippen molar-refractivity contribution in [3.05, 3.63) is 11.6 Å². The summed E-state index contributed by atoms with van der Waals surface area (Å²) in [6.07, 6.45) is 5.81. The van der Waals surface area contributed by atoms with Crippen molar-refractivity contribution in [3.63, 3.8) is 0 Å². The fourth-order valence-corrected chi connectivity index (χ4v) is 1.40. The van der Waals surface area contributed by atoms with Gasteiger partial charge in [-0.1, -0.05) is 25.5 Å². The Morgan fingerprint density at radius 1 is 1.55 bits per heavy atom. The number of allylic oxidation sites excluding steroid dienone is 1. The molecule has 1 nitrogen and oxygen atoms in total. The van der Waals surface area contributed by atoms with Crippen LogP contribution in [0.3, 0.4) is 0 Å². The smallest absolute Gasteiger partial charge is 0.00765 e. The summed E-state index contributed by atoms with van der Waals surface area (Å²) in [6.45, 7) is 4.51. The van der Waals surface area contributed by atoms with Crippen LogP contribution in [0.1, 0.15) is 33.1 Å². The van der Waals surface area contributed by atoms with Gasteiger partial charge in [0.1, 0.15) is 0 Å². The van der Waals surface area contributed by atoms with E-state index in [4.69, 9.17) is 5.73 Å². The molecule has 0 bridgehead atoms. The quantitative estimate of drug-likeness (QED) is 0.609. The van der Waals surface area contributed by atoms with Crippen LogP contribution in [0.25, 0.3) is 0 Å². The molecule has 11 heavy (non-hydrogen) atoms. The molecule has 0 fully saturated rings. The minimum absolute atomic E-state index is 0. The van der Waals surface area contributed by atoms with Gasteiger partial charge in [-0.15, -0.1) is 12.4 Å². The third-order valence-electron chi connectivity index (χ3n) is 2.23. The first-order valence-electron chi connectivity index (χ1n) is 4.14. The first-order valence-corrected chi connectivity index (χ1v) is 4.14. The normalized spacial score (nSPS) is 24.4. The van der Waals surface area contributed by atoms with Gasteiger partial charge in [0.2, 0.25) is 0 Å². The van der Waals surface area contributed by atoms with Crippen molar-refractivity contribution in [1.82, 2.24) is 0 Å². The molecule has 2 heteroatoms. The molecule has 1 unspecified atom stereocenters. The fraction of sp³-hybridized carbons (Fsp3) is 0.778. The lowest BCUT2D eigenvalue weighted by Crippen LogP contribution is -2.22. The van der Waals surface area contributed by atoms with Gasteiger partial charge in [0.25, 0.3) is 0 Å². The molecule has 2 N–H and O–H groups in total. The molecule has 1 aliphatic rings. The van der Waals surface area contributed by atoms with Crippen molar-refractivity contribution in [1.29, 1.82) is 0 Å². The molecule has 0 aromatic heterocycles. The van der Waals surface area contributed by atoms with E-state index in [-0.39, 0.29) is 12.4 Å². The first-order chi connectivity index (χ1) is 4.70. The van der Waals surface area contributed by atoms with Crippen LogP contribution in [-0.2, 0) is 0 Å². The lowest BCUT2D eigenvalue weighted by molar-refractivity contribution is 0.552. The SMILES string of the molecule is CC(C)C1=CCC(N)CC1.Cl. The van der Waals surface area contributed by atoms with Gasteiger partial charge in [-0.3, -0.25) is 0 Å². The van der Waals surface area contributed by atoms with Gasteiger partial charge in [0.05, 0.1) is 0 Å². The zero-order valence-corrected chi connectivity index (χ0v) is 8.16. The number of nitrogens with two attached hydrogens (primary N) is 1. The fourth-order valence-electron chi connectivity index (χ4n) is 1.40. The van der Waals surface area contributed by atoms with Crippen molar-refractivity contribution >= 4 is 12.4 Å². The summed E-state index contributed by atoms with van der Waals surface area (Å²) >= 11 is 0. The van der Waals surface area contributed by atoms with Crippen molar-refractivity contribution < 1.29 is 0 Å². The van der Waals surface area contributed by atoms with Gasteiger partial charge in [-0.05, 0) is 25.2 Å². The number of hydrogen-bond acceptors (Lipinski definition) is 1. The summed E-state index contributed by atoms with van der Waals surface area (Å²) in [5.41, 5.74) is 7.35. The van der Waals surface area contributed by atoms with Crippen LogP contribution in [0.5, 0.6) is 0 Å². The van der Waals surface area contributed by atoms with Crippen LogP contribution in [0, 0.1) is 5.92 Å². The second-order valence-corrected chi connectivity index (χ2v) is 3.47. The number of hydrogen-bond donors (Lipinski definition) is 1. The zero-order valence-electron chi connectivity index (χ0n) is 7.34. The van der Waals surface area contributed by atoms with E-state index in [1.807, 2.05) is 0 Å². The highest BCUT2D eigenvalue weighted by Crippen LogP contribution is 2.22. The molecule has 1 rings (SSSR count). The van der Waals surface area contributed by atoms with Crippen LogP contribution in [-0.4, -0.2) is 6.04 Å². The molecule has 0 spiro atoms. The average molecular weight is 176 g/mol. The van der Waals surface area contributed by atoms with Gasteiger partial charge in [0, 0.05) is 6.04 Å². The monoisotopic (exact) mass is 175 g/mol. The topological polar surface area (TPSA) is 26.0 Å². The maximum Gasteiger partial charge on any atom is 0.00765 e. The van der Waals surface area contributed by atoms with Crippen LogP contribution in [0.4, 0.5) is 0 Å². The molecule has 0 aromatic carbocycles. The molecule has 0 amide bonds. The summed E-state index contributed by atoms with van der Waals surface area (Å²) in [5.74, 6) is 0.729. The van der Waals surface area contributed by atoms with Crippen molar-refractivity contribution in [2.24, 2.45) is 11.7 Å². The standard InChI is InChI=1S/C9H17N.ClH/c1-7(2)8-3-5-9(10)6-4-8;/h3,7,9H,4-6,10H2,1-2H3;1H. The molecule has 0 aliphatic heterocycles. The van der Waals surface area contributed by atoms with Crippen LogP contribution < -0.4 is 5.73 Å². The molecular formula is C9H18ClN. The maximum absolute atomic E-state index is 5.75. The van der Waals surface area contributed by atoms with E-state index in [9.17, 15) is 0 Å². The summed E-state index contributed by atoms with van der Waals surface area (Å²) in [6, 6.07) is 0.433. The van der Waals surface area contributed by atoms with E-state index in [2.05, 4.69) is 19.9 Å². The zero-order chi connectivity index (χ0) is 7.56. The molecule has 66 valence electrons. The minimum atomic E-state index is 0. The highest BCUT2D eigenvalue weighted by atomic mass is 35.5. The van der Waals surface area contributed by atoms with Crippen molar-refractivity contribution in [3.8, 4) is 0 Å². The highest BCUT2D eigenvalue weighted by molar-refractivity contribution is 5.85. The molecule has 1 atom stereocenters. The molecule has 0 heterocycles. The Bertz CT molecular complexity index is 140. The van der Waals surface area contributed by atoms with Gasteiger partial charge in [-0.2, -0.15) is 0 Å². The van der Waals surface area contributed by atoms with Crippen molar-refractivity contribution in [2.45, 2.75) is 39.2 Å². The minimum Gasteiger partial charge on any atom is -0.327 e. The lowest BCUT2D eigenvalue weighted by Gasteiger charge is -2.20. The summed E-state index contributed by atoms with van der Waals surface area (Å²) in [7, 11) is 0. The lowest BCUT2D eigenvalue weighted by atomic mass is 9.89. The molecule has 1 aliphatic carbocycles. The Labute approximate surface area is 75.5 Å². The Morgan fingerprint density at radius 2 is 2.18 bits per heavy atom. The molecule has 0 saturated heterocycles. The molecular weight excluding hydrogens is 158 g/mol. The molecule has 0 aromatic rings. The number of halogens is 1. The predicted molar refractivity (Wildman–Crippen MR) is 52.0 cm³/mol. The average Bonchev–Trinajstić information content (AvgIpc) is 1.88. The Balaban J connectivity index is 0.000001000. The van der Waals surface area contributed by atoms with Crippen LogP contribution >= 0.6 is 12.4 Å². The van der Waals surface area contributed by atoms with E-state index in [0.717, 1.165) is 12.3 Å². The van der Waals surface area contributed by atoms with E-state index in [1.54, 1.807) is 5.57 Å². The van der Waals surface area contributed by atoms with Gasteiger partial charge in [0.15, 0.2) is 0 Å². The third kappa shape index (κ3) is 3.26. The Kier molecular flexibility index (Phi) is 4.78. The number of rotatable bonds is 1. The highest BCUT2D eigenvalue weighted by Gasteiger charge is 2.11. The maximum atomic E-state index is 5.75. The van der Waals surface area contributed by atoms with Crippen LogP contribution in [0.15, 0.2) is 11.6 Å². The van der Waals surface area contributed by atoms with Gasteiger partial charge >= 0.3 is 0 Å². The van der Waals surface area contributed by atoms with Gasteiger partial charge in [-0.25, -0.2) is 0 Å². The molecule has 0 radical (unpaired) electrons. The van der Waals surface area contributed by atoms with Gasteiger partial charge < -0.3 is 5.73 Å². The first kappa shape index (κ1) is 11.0. The van der Waals surface area contributed by atoms with Crippen LogP contribution in [0.2, 0.25) is 0 Å². The summed E-state index contributed by atoms with van der Waals surface area (Å²) < 4.78 is 0. The second kappa shape index (κ2) is 4.78. The Hall–Kier alpha value is -0.0100. The van der Waals surface area contributed by atoms with E-state index >= 15 is 0 Å². The van der Waals surface area contributed by atoms with E-state index < -0.39 is 0 Å². The van der Waals surface area contributed by atoms with Crippen molar-refractivity contribution in [2.75, 3.05) is 0 Å². The third-order valence-corrected chi connectivity index (χ3v) is 2.23. The van der Waals surface area contributed by atoms with E-state index in [1.165, 1.54) is 12.8 Å². The van der Waals surface area contributed by atoms with E-state index in [0.29, 0.717) is 6.04 Å². The predicted octanol–water partition coefficient (Wildman–Crippen LogP) is 2.50. The summed E-state index contributed by atoms with van der Waals surface area (Å²) in [4.78, 5) is 0.